The van der Waals surface area contributed by atoms with Crippen molar-refractivity contribution >= 4 is 33.5 Å². The number of hydrogen-bond donors (Lipinski definition) is 0. The topological polar surface area (TPSA) is 61.8 Å². The maximum Gasteiger partial charge on any atom is 0.308 e. The van der Waals surface area contributed by atoms with E-state index in [4.69, 9.17) is 14.2 Å². The minimum absolute atomic E-state index is 0.381. The van der Waals surface area contributed by atoms with E-state index in [2.05, 4.69) is 13.8 Å². The highest BCUT2D eigenvalue weighted by Crippen LogP contribution is 2.55. The molecular weight excluding hydrogens is 404 g/mol. The second-order valence-electron chi connectivity index (χ2n) is 8.51. The van der Waals surface area contributed by atoms with Gasteiger partial charge in [0.15, 0.2) is 0 Å². The largest absolute Gasteiger partial charge is 0.455 e. The Bertz CT molecular complexity index is 1320. The van der Waals surface area contributed by atoms with Gasteiger partial charge in [-0.3, -0.25) is 9.59 Å². The van der Waals surface area contributed by atoms with Gasteiger partial charge >= 0.3 is 11.9 Å². The molecule has 1 aliphatic heterocycles. The summed E-state index contributed by atoms with van der Waals surface area (Å²) in [6, 6.07) is 19.2. The first kappa shape index (κ1) is 20.1. The molecule has 0 saturated heterocycles. The summed E-state index contributed by atoms with van der Waals surface area (Å²) in [7, 11) is 0. The van der Waals surface area contributed by atoms with Crippen LogP contribution >= 0.6 is 0 Å². The van der Waals surface area contributed by atoms with E-state index in [1.54, 1.807) is 0 Å². The Labute approximate surface area is 185 Å². The fourth-order valence-corrected chi connectivity index (χ4v) is 4.51. The number of hydrogen-bond acceptors (Lipinski definition) is 5. The van der Waals surface area contributed by atoms with Gasteiger partial charge in [-0.25, -0.2) is 0 Å². The Morgan fingerprint density at radius 3 is 1.44 bits per heavy atom. The number of ether oxygens (including phenoxy) is 3. The first-order valence-electron chi connectivity index (χ1n) is 10.4. The SMILES string of the molecule is CC(=O)Oc1cc2c(c3ccccc13)Oc1c(cc(OC(C)=O)c3ccccc13)C2(C)C. The zero-order valence-corrected chi connectivity index (χ0v) is 18.3. The van der Waals surface area contributed by atoms with Crippen molar-refractivity contribution in [3.8, 4) is 23.0 Å². The lowest BCUT2D eigenvalue weighted by molar-refractivity contribution is -0.132. The van der Waals surface area contributed by atoms with Crippen LogP contribution in [0.5, 0.6) is 23.0 Å². The quantitative estimate of drug-likeness (QED) is 0.279. The standard InChI is InChI=1S/C27H22O5/c1-15(28)30-23-13-21-25(19-11-7-5-9-17(19)23)32-26-20-12-8-6-10-18(20)24(31-16(2)29)14-22(26)27(21,3)4/h5-14H,1-4H3. The van der Waals surface area contributed by atoms with Gasteiger partial charge in [-0.1, -0.05) is 62.4 Å². The second kappa shape index (κ2) is 7.09. The molecule has 0 unspecified atom stereocenters. The van der Waals surface area contributed by atoms with Gasteiger partial charge in [-0.05, 0) is 12.1 Å². The Hall–Kier alpha value is -3.86. The molecule has 4 aromatic rings. The van der Waals surface area contributed by atoms with Crippen LogP contribution in [0.2, 0.25) is 0 Å². The molecule has 160 valence electrons. The molecule has 0 aliphatic carbocycles. The lowest BCUT2D eigenvalue weighted by Crippen LogP contribution is -2.25. The van der Waals surface area contributed by atoms with Gasteiger partial charge in [0.05, 0.1) is 0 Å². The average molecular weight is 426 g/mol. The number of benzene rings is 4. The van der Waals surface area contributed by atoms with Crippen LogP contribution in [0.15, 0.2) is 60.7 Å². The van der Waals surface area contributed by atoms with Gasteiger partial charge in [-0.2, -0.15) is 0 Å². The molecule has 4 aromatic carbocycles. The van der Waals surface area contributed by atoms with E-state index in [-0.39, 0.29) is 11.9 Å². The van der Waals surface area contributed by atoms with E-state index < -0.39 is 5.41 Å². The molecule has 0 radical (unpaired) electrons. The molecule has 5 rings (SSSR count). The highest BCUT2D eigenvalue weighted by molar-refractivity contribution is 6.00. The molecule has 0 saturated carbocycles. The Morgan fingerprint density at radius 1 is 0.688 bits per heavy atom. The zero-order valence-electron chi connectivity index (χ0n) is 18.3. The summed E-state index contributed by atoms with van der Waals surface area (Å²) in [4.78, 5) is 23.6. The molecule has 5 nitrogen and oxygen atoms in total. The first-order valence-corrected chi connectivity index (χ1v) is 10.4. The van der Waals surface area contributed by atoms with Crippen molar-refractivity contribution in [1.29, 1.82) is 0 Å². The van der Waals surface area contributed by atoms with Crippen LogP contribution < -0.4 is 14.2 Å². The van der Waals surface area contributed by atoms with Crippen LogP contribution in [-0.2, 0) is 15.0 Å². The molecule has 1 heterocycles. The predicted molar refractivity (Wildman–Crippen MR) is 123 cm³/mol. The third kappa shape index (κ3) is 3.01. The highest BCUT2D eigenvalue weighted by atomic mass is 16.5. The molecule has 0 spiro atoms. The van der Waals surface area contributed by atoms with E-state index in [9.17, 15) is 9.59 Å². The van der Waals surface area contributed by atoms with Crippen molar-refractivity contribution in [3.05, 3.63) is 71.8 Å². The summed E-state index contributed by atoms with van der Waals surface area (Å²) in [6.07, 6.45) is 0. The van der Waals surface area contributed by atoms with Crippen LogP contribution in [0, 0.1) is 0 Å². The maximum atomic E-state index is 11.8. The molecule has 0 amide bonds. The molecule has 0 bridgehead atoms. The summed E-state index contributed by atoms with van der Waals surface area (Å²) in [5.41, 5.74) is 1.27. The van der Waals surface area contributed by atoms with Crippen molar-refractivity contribution in [2.75, 3.05) is 0 Å². The number of carbonyl (C=O) groups is 2. The molecule has 0 aromatic heterocycles. The van der Waals surface area contributed by atoms with E-state index in [0.717, 1.165) is 44.2 Å². The zero-order chi connectivity index (χ0) is 22.6. The third-order valence-electron chi connectivity index (χ3n) is 5.97. The molecule has 0 atom stereocenters. The molecular formula is C27H22O5. The van der Waals surface area contributed by atoms with E-state index in [1.165, 1.54) is 13.8 Å². The van der Waals surface area contributed by atoms with Crippen LogP contribution in [0.3, 0.4) is 0 Å². The van der Waals surface area contributed by atoms with E-state index in [1.807, 2.05) is 60.7 Å². The Kier molecular flexibility index (Phi) is 4.45. The lowest BCUT2D eigenvalue weighted by Gasteiger charge is -2.36. The van der Waals surface area contributed by atoms with E-state index in [0.29, 0.717) is 11.5 Å². The van der Waals surface area contributed by atoms with Gasteiger partial charge in [0, 0.05) is 51.9 Å². The summed E-state index contributed by atoms with van der Waals surface area (Å²) in [5.74, 6) is 1.70. The monoisotopic (exact) mass is 426 g/mol. The Balaban J connectivity index is 1.84. The smallest absolute Gasteiger partial charge is 0.308 e. The molecule has 0 N–H and O–H groups in total. The highest BCUT2D eigenvalue weighted by Gasteiger charge is 2.38. The molecule has 0 fully saturated rings. The second-order valence-corrected chi connectivity index (χ2v) is 8.51. The fourth-order valence-electron chi connectivity index (χ4n) is 4.51. The number of esters is 2. The van der Waals surface area contributed by atoms with Crippen molar-refractivity contribution in [2.45, 2.75) is 33.1 Å². The maximum absolute atomic E-state index is 11.8. The summed E-state index contributed by atoms with van der Waals surface area (Å²) in [6.45, 7) is 6.96. The van der Waals surface area contributed by atoms with Crippen molar-refractivity contribution < 1.29 is 23.8 Å². The van der Waals surface area contributed by atoms with Gasteiger partial charge in [0.25, 0.3) is 0 Å². The number of carbonyl (C=O) groups excluding carboxylic acids is 2. The summed E-state index contributed by atoms with van der Waals surface area (Å²) >= 11 is 0. The van der Waals surface area contributed by atoms with Gasteiger partial charge in [-0.15, -0.1) is 0 Å². The molecule has 5 heteroatoms. The van der Waals surface area contributed by atoms with Crippen LogP contribution in [0.25, 0.3) is 21.5 Å². The fraction of sp³-hybridized carbons (Fsp3) is 0.185. The minimum Gasteiger partial charge on any atom is -0.455 e. The van der Waals surface area contributed by atoms with Gasteiger partial charge in [0.1, 0.15) is 23.0 Å². The van der Waals surface area contributed by atoms with E-state index >= 15 is 0 Å². The predicted octanol–water partition coefficient (Wildman–Crippen LogP) is 6.28. The van der Waals surface area contributed by atoms with Crippen LogP contribution in [-0.4, -0.2) is 11.9 Å². The van der Waals surface area contributed by atoms with Gasteiger partial charge in [0.2, 0.25) is 0 Å². The number of fused-ring (bicyclic) bond motifs is 6. The Morgan fingerprint density at radius 2 is 1.06 bits per heavy atom. The normalized spacial score (nSPS) is 13.8. The minimum atomic E-state index is -0.513. The molecule has 32 heavy (non-hydrogen) atoms. The average Bonchev–Trinajstić information content (AvgIpc) is 2.75. The first-order chi connectivity index (χ1) is 15.3. The van der Waals surface area contributed by atoms with Crippen LogP contribution in [0.4, 0.5) is 0 Å². The number of rotatable bonds is 2. The van der Waals surface area contributed by atoms with Crippen molar-refractivity contribution in [3.63, 3.8) is 0 Å². The summed E-state index contributed by atoms with van der Waals surface area (Å²) < 4.78 is 17.7. The van der Waals surface area contributed by atoms with Crippen molar-refractivity contribution in [1.82, 2.24) is 0 Å². The van der Waals surface area contributed by atoms with Crippen LogP contribution in [0.1, 0.15) is 38.8 Å². The third-order valence-corrected chi connectivity index (χ3v) is 5.97. The van der Waals surface area contributed by atoms with Gasteiger partial charge < -0.3 is 14.2 Å². The lowest BCUT2D eigenvalue weighted by atomic mass is 9.74. The summed E-state index contributed by atoms with van der Waals surface area (Å²) in [5, 5.41) is 3.35. The molecule has 1 aliphatic rings. The van der Waals surface area contributed by atoms with Crippen molar-refractivity contribution in [2.24, 2.45) is 0 Å².